The van der Waals surface area contributed by atoms with Crippen molar-refractivity contribution in [3.8, 4) is 11.8 Å². The second-order valence-corrected chi connectivity index (χ2v) is 5.29. The SMILES string of the molecule is CC(C)(C)OC(=O)NCC#Cc1ccc2nc[nH]c2c1. The molecule has 0 bridgehead atoms. The molecule has 20 heavy (non-hydrogen) atoms. The summed E-state index contributed by atoms with van der Waals surface area (Å²) >= 11 is 0. The van der Waals surface area contributed by atoms with Crippen LogP contribution in [0.2, 0.25) is 0 Å². The molecular weight excluding hydrogens is 254 g/mol. The summed E-state index contributed by atoms with van der Waals surface area (Å²) in [5.74, 6) is 5.86. The molecule has 0 aliphatic rings. The van der Waals surface area contributed by atoms with Crippen LogP contribution in [0.4, 0.5) is 4.79 Å². The molecule has 0 aliphatic carbocycles. The number of benzene rings is 1. The summed E-state index contributed by atoms with van der Waals surface area (Å²) in [6, 6.07) is 5.71. The van der Waals surface area contributed by atoms with Gasteiger partial charge in [0.1, 0.15) is 5.60 Å². The Hall–Kier alpha value is -2.48. The Bertz CT molecular complexity index is 671. The van der Waals surface area contributed by atoms with Gasteiger partial charge in [-0.05, 0) is 39.0 Å². The van der Waals surface area contributed by atoms with E-state index in [-0.39, 0.29) is 6.54 Å². The zero-order valence-electron chi connectivity index (χ0n) is 11.8. The fourth-order valence-electron chi connectivity index (χ4n) is 1.59. The van der Waals surface area contributed by atoms with Crippen molar-refractivity contribution in [3.63, 3.8) is 0 Å². The lowest BCUT2D eigenvalue weighted by Gasteiger charge is -2.18. The number of rotatable bonds is 1. The van der Waals surface area contributed by atoms with Crippen LogP contribution >= 0.6 is 0 Å². The minimum absolute atomic E-state index is 0.246. The van der Waals surface area contributed by atoms with Gasteiger partial charge in [-0.1, -0.05) is 11.8 Å². The number of ether oxygens (including phenoxy) is 1. The highest BCUT2D eigenvalue weighted by Gasteiger charge is 2.14. The maximum Gasteiger partial charge on any atom is 0.408 e. The molecule has 5 heteroatoms. The zero-order valence-corrected chi connectivity index (χ0v) is 11.8. The summed E-state index contributed by atoms with van der Waals surface area (Å²) < 4.78 is 5.11. The van der Waals surface area contributed by atoms with E-state index < -0.39 is 11.7 Å². The van der Waals surface area contributed by atoms with E-state index in [0.29, 0.717) is 0 Å². The van der Waals surface area contributed by atoms with E-state index in [1.54, 1.807) is 6.33 Å². The van der Waals surface area contributed by atoms with Crippen molar-refractivity contribution in [1.29, 1.82) is 0 Å². The highest BCUT2D eigenvalue weighted by Crippen LogP contribution is 2.10. The Kier molecular flexibility index (Phi) is 3.94. The molecule has 0 atom stereocenters. The summed E-state index contributed by atoms with van der Waals surface area (Å²) in [6.45, 7) is 5.70. The third-order valence-corrected chi connectivity index (χ3v) is 2.37. The monoisotopic (exact) mass is 271 g/mol. The smallest absolute Gasteiger partial charge is 0.408 e. The van der Waals surface area contributed by atoms with Crippen LogP contribution in [0.15, 0.2) is 24.5 Å². The highest BCUT2D eigenvalue weighted by atomic mass is 16.6. The first-order chi connectivity index (χ1) is 9.44. The van der Waals surface area contributed by atoms with Gasteiger partial charge >= 0.3 is 6.09 Å². The van der Waals surface area contributed by atoms with Gasteiger partial charge in [-0.25, -0.2) is 9.78 Å². The number of carbonyl (C=O) groups is 1. The number of aromatic nitrogens is 2. The van der Waals surface area contributed by atoms with Gasteiger partial charge in [0.05, 0.1) is 23.9 Å². The molecule has 0 spiro atoms. The molecule has 0 radical (unpaired) electrons. The number of amides is 1. The Morgan fingerprint density at radius 2 is 2.25 bits per heavy atom. The maximum atomic E-state index is 11.4. The molecule has 0 unspecified atom stereocenters. The Morgan fingerprint density at radius 1 is 1.45 bits per heavy atom. The average Bonchev–Trinajstić information content (AvgIpc) is 2.79. The van der Waals surface area contributed by atoms with Gasteiger partial charge in [0.2, 0.25) is 0 Å². The quantitative estimate of drug-likeness (QED) is 0.783. The number of nitrogens with zero attached hydrogens (tertiary/aromatic N) is 1. The standard InChI is InChI=1S/C15H17N3O2/c1-15(2,3)20-14(19)16-8-4-5-11-6-7-12-13(9-11)18-10-17-12/h6-7,9-10H,8H2,1-3H3,(H,16,19)(H,17,18). The predicted octanol–water partition coefficient (Wildman–Crippen LogP) is 2.44. The molecule has 2 aromatic rings. The lowest BCUT2D eigenvalue weighted by molar-refractivity contribution is 0.0535. The number of alkyl carbamates (subject to hydrolysis) is 1. The van der Waals surface area contributed by atoms with Crippen LogP contribution in [0.5, 0.6) is 0 Å². The molecule has 1 heterocycles. The van der Waals surface area contributed by atoms with E-state index in [9.17, 15) is 4.79 Å². The molecule has 0 fully saturated rings. The summed E-state index contributed by atoms with van der Waals surface area (Å²) in [6.07, 6.45) is 1.18. The number of fused-ring (bicyclic) bond motifs is 1. The van der Waals surface area contributed by atoms with Crippen LogP contribution in [0.1, 0.15) is 26.3 Å². The number of nitrogens with one attached hydrogen (secondary N) is 2. The van der Waals surface area contributed by atoms with E-state index in [1.165, 1.54) is 0 Å². The number of H-pyrrole nitrogens is 1. The summed E-state index contributed by atoms with van der Waals surface area (Å²) in [5, 5.41) is 2.59. The van der Waals surface area contributed by atoms with Crippen LogP contribution in [0, 0.1) is 11.8 Å². The lowest BCUT2D eigenvalue weighted by Crippen LogP contribution is -2.32. The molecule has 0 saturated heterocycles. The zero-order chi connectivity index (χ0) is 14.6. The minimum Gasteiger partial charge on any atom is -0.444 e. The Labute approximate surface area is 117 Å². The van der Waals surface area contributed by atoms with Crippen molar-refractivity contribution in [1.82, 2.24) is 15.3 Å². The molecular formula is C15H17N3O2. The first-order valence-corrected chi connectivity index (χ1v) is 6.33. The fraction of sp³-hybridized carbons (Fsp3) is 0.333. The fourth-order valence-corrected chi connectivity index (χ4v) is 1.59. The summed E-state index contributed by atoms with van der Waals surface area (Å²) in [7, 11) is 0. The van der Waals surface area contributed by atoms with Gasteiger partial charge in [-0.3, -0.25) is 0 Å². The topological polar surface area (TPSA) is 67.0 Å². The number of hydrogen-bond acceptors (Lipinski definition) is 3. The molecule has 104 valence electrons. The van der Waals surface area contributed by atoms with Crippen LogP contribution in [0.25, 0.3) is 11.0 Å². The van der Waals surface area contributed by atoms with Gasteiger partial charge in [0.15, 0.2) is 0 Å². The van der Waals surface area contributed by atoms with Gasteiger partial charge < -0.3 is 15.0 Å². The van der Waals surface area contributed by atoms with Crippen molar-refractivity contribution in [2.24, 2.45) is 0 Å². The third-order valence-electron chi connectivity index (χ3n) is 2.37. The Balaban J connectivity index is 1.89. The maximum absolute atomic E-state index is 11.4. The molecule has 1 amide bonds. The van der Waals surface area contributed by atoms with E-state index >= 15 is 0 Å². The third kappa shape index (κ3) is 4.02. The second kappa shape index (κ2) is 5.66. The molecule has 2 rings (SSSR count). The van der Waals surface area contributed by atoms with Crippen LogP contribution in [0.3, 0.4) is 0 Å². The number of imidazole rings is 1. The van der Waals surface area contributed by atoms with E-state index in [4.69, 9.17) is 4.74 Å². The van der Waals surface area contributed by atoms with Crippen molar-refractivity contribution in [3.05, 3.63) is 30.1 Å². The van der Waals surface area contributed by atoms with Crippen molar-refractivity contribution in [2.45, 2.75) is 26.4 Å². The first kappa shape index (κ1) is 13.9. The van der Waals surface area contributed by atoms with Crippen LogP contribution in [-0.4, -0.2) is 28.2 Å². The van der Waals surface area contributed by atoms with E-state index in [2.05, 4.69) is 27.1 Å². The molecule has 2 N–H and O–H groups in total. The molecule has 1 aromatic heterocycles. The highest BCUT2D eigenvalue weighted by molar-refractivity contribution is 5.76. The van der Waals surface area contributed by atoms with E-state index in [0.717, 1.165) is 16.6 Å². The van der Waals surface area contributed by atoms with Crippen LogP contribution < -0.4 is 5.32 Å². The van der Waals surface area contributed by atoms with Crippen molar-refractivity contribution < 1.29 is 9.53 Å². The molecule has 1 aromatic carbocycles. The van der Waals surface area contributed by atoms with Gasteiger partial charge in [-0.2, -0.15) is 0 Å². The predicted molar refractivity (Wildman–Crippen MR) is 77.2 cm³/mol. The number of aromatic amines is 1. The molecule has 5 nitrogen and oxygen atoms in total. The first-order valence-electron chi connectivity index (χ1n) is 6.33. The Morgan fingerprint density at radius 3 is 3.00 bits per heavy atom. The number of carbonyl (C=O) groups excluding carboxylic acids is 1. The normalized spacial score (nSPS) is 10.8. The van der Waals surface area contributed by atoms with Crippen LogP contribution in [-0.2, 0) is 4.74 Å². The average molecular weight is 271 g/mol. The second-order valence-electron chi connectivity index (χ2n) is 5.29. The van der Waals surface area contributed by atoms with Gasteiger partial charge in [0.25, 0.3) is 0 Å². The minimum atomic E-state index is -0.497. The lowest BCUT2D eigenvalue weighted by atomic mass is 10.2. The number of hydrogen-bond donors (Lipinski definition) is 2. The molecule has 0 saturated carbocycles. The van der Waals surface area contributed by atoms with Gasteiger partial charge in [-0.15, -0.1) is 0 Å². The van der Waals surface area contributed by atoms with Gasteiger partial charge in [0, 0.05) is 5.56 Å². The summed E-state index contributed by atoms with van der Waals surface area (Å²) in [5.41, 5.74) is 2.22. The largest absolute Gasteiger partial charge is 0.444 e. The molecule has 0 aliphatic heterocycles. The van der Waals surface area contributed by atoms with Crippen molar-refractivity contribution in [2.75, 3.05) is 6.54 Å². The van der Waals surface area contributed by atoms with E-state index in [1.807, 2.05) is 39.0 Å². The van der Waals surface area contributed by atoms with Crippen molar-refractivity contribution >= 4 is 17.1 Å². The summed E-state index contributed by atoms with van der Waals surface area (Å²) in [4.78, 5) is 18.6.